The van der Waals surface area contributed by atoms with Crippen molar-refractivity contribution in [1.82, 2.24) is 14.9 Å². The van der Waals surface area contributed by atoms with Gasteiger partial charge in [-0.3, -0.25) is 4.98 Å². The van der Waals surface area contributed by atoms with Crippen molar-refractivity contribution in [2.45, 2.75) is 12.1 Å². The molecule has 4 aromatic carbocycles. The third-order valence-corrected chi connectivity index (χ3v) is 7.60. The van der Waals surface area contributed by atoms with Gasteiger partial charge in [0.25, 0.3) is 0 Å². The third-order valence-electron chi connectivity index (χ3n) is 7.29. The van der Waals surface area contributed by atoms with Gasteiger partial charge < -0.3 is 19.5 Å². The zero-order chi connectivity index (χ0) is 26.9. The minimum atomic E-state index is -0.136. The molecule has 6 heteroatoms. The van der Waals surface area contributed by atoms with Crippen LogP contribution in [-0.4, -0.2) is 14.7 Å². The number of aromatic nitrogens is 2. The smallest absolute Gasteiger partial charge is 0.174 e. The summed E-state index contributed by atoms with van der Waals surface area (Å²) in [5.41, 5.74) is 4.13. The zero-order valence-corrected chi connectivity index (χ0v) is 22.4. The van der Waals surface area contributed by atoms with Gasteiger partial charge in [-0.25, -0.2) is 0 Å². The molecule has 6 aromatic rings. The monoisotopic (exact) mass is 538 g/mol. The van der Waals surface area contributed by atoms with Crippen LogP contribution in [0.2, 0.25) is 0 Å². The van der Waals surface area contributed by atoms with Crippen LogP contribution < -0.4 is 15.0 Å². The van der Waals surface area contributed by atoms with Crippen LogP contribution in [0.1, 0.15) is 23.5 Å². The van der Waals surface area contributed by atoms with E-state index in [4.69, 9.17) is 21.9 Å². The van der Waals surface area contributed by atoms with E-state index in [0.717, 1.165) is 34.3 Å². The fourth-order valence-electron chi connectivity index (χ4n) is 5.43. The number of anilines is 1. The number of hydrogen-bond donors (Lipinski definition) is 1. The van der Waals surface area contributed by atoms with Crippen LogP contribution in [0.4, 0.5) is 5.69 Å². The topological polar surface area (TPSA) is 42.3 Å². The number of nitrogens with zero attached hydrogens (tertiary/aromatic N) is 3. The second-order valence-corrected chi connectivity index (χ2v) is 10.1. The Morgan fingerprint density at radius 1 is 0.675 bits per heavy atom. The second-order valence-electron chi connectivity index (χ2n) is 9.74. The number of thiocarbonyl (C=S) groups is 1. The first-order chi connectivity index (χ1) is 19.7. The maximum Gasteiger partial charge on any atom is 0.174 e. The Kier molecular flexibility index (Phi) is 6.22. The summed E-state index contributed by atoms with van der Waals surface area (Å²) in [6.07, 6.45) is 3.95. The highest BCUT2D eigenvalue weighted by Gasteiger charge is 2.42. The zero-order valence-electron chi connectivity index (χ0n) is 21.6. The highest BCUT2D eigenvalue weighted by atomic mass is 32.1. The highest BCUT2D eigenvalue weighted by molar-refractivity contribution is 7.80. The van der Waals surface area contributed by atoms with Gasteiger partial charge in [-0.15, -0.1) is 0 Å². The molecule has 40 heavy (non-hydrogen) atoms. The van der Waals surface area contributed by atoms with Gasteiger partial charge in [-0.2, -0.15) is 0 Å². The van der Waals surface area contributed by atoms with E-state index < -0.39 is 0 Å². The maximum absolute atomic E-state index is 6.04. The average Bonchev–Trinajstić information content (AvgIpc) is 3.63. The number of hydrogen-bond acceptors (Lipinski definition) is 3. The Morgan fingerprint density at radius 3 is 2.20 bits per heavy atom. The predicted octanol–water partition coefficient (Wildman–Crippen LogP) is 7.99. The summed E-state index contributed by atoms with van der Waals surface area (Å²) in [6.45, 7) is 0. The number of pyridine rings is 1. The van der Waals surface area contributed by atoms with Crippen LogP contribution >= 0.6 is 12.2 Å². The van der Waals surface area contributed by atoms with Crippen molar-refractivity contribution in [1.29, 1.82) is 0 Å². The number of para-hydroxylation sites is 1. The van der Waals surface area contributed by atoms with E-state index in [9.17, 15) is 0 Å². The summed E-state index contributed by atoms with van der Waals surface area (Å²) < 4.78 is 8.30. The lowest BCUT2D eigenvalue weighted by atomic mass is 10.0. The molecule has 0 radical (unpaired) electrons. The first kappa shape index (κ1) is 24.1. The SMILES string of the molecule is S=C1NC(c2ccccn2)C(c2cccn2-c2ccc3ccccc3c2)N1c1ccc(Oc2ccccc2)cc1. The molecule has 1 saturated heterocycles. The molecule has 2 atom stereocenters. The molecule has 1 aliphatic rings. The van der Waals surface area contributed by atoms with E-state index in [1.165, 1.54) is 10.8 Å². The van der Waals surface area contributed by atoms with E-state index in [1.54, 1.807) is 0 Å². The average molecular weight is 539 g/mol. The predicted molar refractivity (Wildman–Crippen MR) is 164 cm³/mol. The van der Waals surface area contributed by atoms with Gasteiger partial charge in [0.05, 0.1) is 11.7 Å². The molecule has 3 heterocycles. The van der Waals surface area contributed by atoms with Crippen LogP contribution in [0, 0.1) is 0 Å². The Morgan fingerprint density at radius 2 is 1.40 bits per heavy atom. The first-order valence-electron chi connectivity index (χ1n) is 13.2. The van der Waals surface area contributed by atoms with Gasteiger partial charge in [0.1, 0.15) is 17.5 Å². The highest BCUT2D eigenvalue weighted by Crippen LogP contribution is 2.42. The first-order valence-corrected chi connectivity index (χ1v) is 13.7. The van der Waals surface area contributed by atoms with E-state index in [0.29, 0.717) is 5.11 Å². The summed E-state index contributed by atoms with van der Waals surface area (Å²) in [6, 6.07) is 42.9. The lowest BCUT2D eigenvalue weighted by Gasteiger charge is -2.29. The lowest BCUT2D eigenvalue weighted by molar-refractivity contribution is 0.482. The van der Waals surface area contributed by atoms with Crippen LogP contribution in [0.3, 0.4) is 0 Å². The van der Waals surface area contributed by atoms with Crippen LogP contribution in [-0.2, 0) is 0 Å². The Bertz CT molecular complexity index is 1780. The quantitative estimate of drug-likeness (QED) is 0.218. The molecule has 7 rings (SSSR count). The minimum absolute atomic E-state index is 0.134. The molecule has 2 unspecified atom stereocenters. The number of nitrogens with one attached hydrogen (secondary N) is 1. The summed E-state index contributed by atoms with van der Waals surface area (Å²) in [5.74, 6) is 1.57. The van der Waals surface area contributed by atoms with Gasteiger partial charge >= 0.3 is 0 Å². The summed E-state index contributed by atoms with van der Waals surface area (Å²) in [4.78, 5) is 6.90. The van der Waals surface area contributed by atoms with Crippen LogP contribution in [0.5, 0.6) is 11.5 Å². The number of fused-ring (bicyclic) bond motifs is 1. The van der Waals surface area contributed by atoms with Crippen molar-refractivity contribution in [2.24, 2.45) is 0 Å². The van der Waals surface area contributed by atoms with Crippen molar-refractivity contribution in [3.05, 3.63) is 151 Å². The van der Waals surface area contributed by atoms with Gasteiger partial charge in [0.15, 0.2) is 5.11 Å². The third kappa shape index (κ3) is 4.48. The van der Waals surface area contributed by atoms with Crippen molar-refractivity contribution < 1.29 is 4.74 Å². The van der Waals surface area contributed by atoms with Crippen molar-refractivity contribution >= 4 is 33.8 Å². The minimum Gasteiger partial charge on any atom is -0.457 e. The summed E-state index contributed by atoms with van der Waals surface area (Å²) in [7, 11) is 0. The van der Waals surface area contributed by atoms with E-state index in [1.807, 2.05) is 60.8 Å². The molecule has 194 valence electrons. The van der Waals surface area contributed by atoms with E-state index in [-0.39, 0.29) is 12.1 Å². The van der Waals surface area contributed by atoms with E-state index in [2.05, 4.69) is 93.8 Å². The van der Waals surface area contributed by atoms with Gasteiger partial charge in [-0.05, 0) is 95.8 Å². The second kappa shape index (κ2) is 10.3. The van der Waals surface area contributed by atoms with Gasteiger partial charge in [0.2, 0.25) is 0 Å². The molecule has 1 N–H and O–H groups in total. The van der Waals surface area contributed by atoms with Crippen LogP contribution in [0.15, 0.2) is 140 Å². The molecule has 1 aliphatic heterocycles. The molecular formula is C34H26N4OS. The van der Waals surface area contributed by atoms with Crippen molar-refractivity contribution in [3.63, 3.8) is 0 Å². The fourth-order valence-corrected chi connectivity index (χ4v) is 5.78. The van der Waals surface area contributed by atoms with Gasteiger partial charge in [-0.1, -0.05) is 54.6 Å². The summed E-state index contributed by atoms with van der Waals surface area (Å²) >= 11 is 5.96. The van der Waals surface area contributed by atoms with Crippen LogP contribution in [0.25, 0.3) is 16.5 Å². The Labute approximate surface area is 238 Å². The molecule has 5 nitrogen and oxygen atoms in total. The van der Waals surface area contributed by atoms with Crippen molar-refractivity contribution in [3.8, 4) is 17.2 Å². The number of benzene rings is 4. The molecule has 1 fully saturated rings. The number of ether oxygens (including phenoxy) is 1. The lowest BCUT2D eigenvalue weighted by Crippen LogP contribution is -2.30. The largest absolute Gasteiger partial charge is 0.457 e. The number of rotatable bonds is 6. The maximum atomic E-state index is 6.04. The van der Waals surface area contributed by atoms with Crippen molar-refractivity contribution in [2.75, 3.05) is 4.90 Å². The standard InChI is InChI=1S/C34H26N4OS/c40-34-36-32(30-13-6-7-21-35-30)33(38(34)26-17-19-29(20-18-26)39-28-11-2-1-3-12-28)31-14-8-22-37(31)27-16-15-24-9-4-5-10-25(24)23-27/h1-23,32-33H,(H,36,40). The van der Waals surface area contributed by atoms with Gasteiger partial charge in [0, 0.05) is 29.5 Å². The Hall–Kier alpha value is -4.94. The van der Waals surface area contributed by atoms with E-state index >= 15 is 0 Å². The molecular weight excluding hydrogens is 512 g/mol. The molecule has 0 amide bonds. The molecule has 0 spiro atoms. The molecule has 2 aromatic heterocycles. The Balaban J connectivity index is 1.30. The molecule has 0 bridgehead atoms. The summed E-state index contributed by atoms with van der Waals surface area (Å²) in [5, 5.41) is 6.64. The molecule has 0 saturated carbocycles. The fraction of sp³-hybridized carbons (Fsp3) is 0.0588. The molecule has 0 aliphatic carbocycles. The normalized spacial score (nSPS) is 16.7.